The first kappa shape index (κ1) is 18.1. The standard InChI is InChI=1S/C22H32O4/c1-13-15-6-7-17-20(3)9-5-10-21(4,19(24)25)16(20)8-11-22(17,12-15)18(13)26-14(2)23/h15-18H,1,5-12H2,2-4H3,(H,24,25)/t15?,16-,17-,18+,20?,21?,22?/m0/s1. The molecule has 0 saturated heterocycles. The van der Waals surface area contributed by atoms with Crippen molar-refractivity contribution in [3.05, 3.63) is 12.2 Å². The Bertz CT molecular complexity index is 669. The molecule has 0 amide bonds. The molecule has 0 heterocycles. The summed E-state index contributed by atoms with van der Waals surface area (Å²) >= 11 is 0. The second kappa shape index (κ2) is 5.59. The molecule has 0 radical (unpaired) electrons. The first-order valence-electron chi connectivity index (χ1n) is 10.2. The van der Waals surface area contributed by atoms with Crippen LogP contribution >= 0.6 is 0 Å². The van der Waals surface area contributed by atoms with Crippen molar-refractivity contribution in [2.24, 2.45) is 34.0 Å². The number of carboxylic acids is 1. The van der Waals surface area contributed by atoms with Gasteiger partial charge in [-0.05, 0) is 80.6 Å². The maximum absolute atomic E-state index is 12.2. The van der Waals surface area contributed by atoms with Gasteiger partial charge in [0, 0.05) is 12.3 Å². The molecule has 1 N–H and O–H groups in total. The van der Waals surface area contributed by atoms with E-state index >= 15 is 0 Å². The van der Waals surface area contributed by atoms with Gasteiger partial charge in [0.2, 0.25) is 0 Å². The molecule has 144 valence electrons. The van der Waals surface area contributed by atoms with E-state index in [1.165, 1.54) is 6.92 Å². The third-order valence-electron chi connectivity index (χ3n) is 8.95. The Balaban J connectivity index is 1.77. The summed E-state index contributed by atoms with van der Waals surface area (Å²) in [7, 11) is 0. The molecule has 4 aliphatic carbocycles. The predicted octanol–water partition coefficient (Wildman–Crippen LogP) is 4.58. The van der Waals surface area contributed by atoms with Gasteiger partial charge >= 0.3 is 11.9 Å². The topological polar surface area (TPSA) is 63.6 Å². The molecule has 4 unspecified atom stereocenters. The third-order valence-corrected chi connectivity index (χ3v) is 8.95. The first-order chi connectivity index (χ1) is 12.1. The average Bonchev–Trinajstić information content (AvgIpc) is 2.75. The second-order valence-corrected chi connectivity index (χ2v) is 10.0. The van der Waals surface area contributed by atoms with Crippen molar-refractivity contribution < 1.29 is 19.4 Å². The van der Waals surface area contributed by atoms with Crippen molar-refractivity contribution in [1.29, 1.82) is 0 Å². The van der Waals surface area contributed by atoms with Crippen molar-refractivity contribution in [1.82, 2.24) is 0 Å². The smallest absolute Gasteiger partial charge is 0.309 e. The van der Waals surface area contributed by atoms with Gasteiger partial charge in [0.05, 0.1) is 5.41 Å². The van der Waals surface area contributed by atoms with Crippen molar-refractivity contribution >= 4 is 11.9 Å². The van der Waals surface area contributed by atoms with E-state index in [-0.39, 0.29) is 28.8 Å². The molecule has 4 heteroatoms. The van der Waals surface area contributed by atoms with E-state index in [4.69, 9.17) is 4.74 Å². The van der Waals surface area contributed by atoms with Crippen LogP contribution in [-0.2, 0) is 14.3 Å². The lowest BCUT2D eigenvalue weighted by Gasteiger charge is -2.63. The highest BCUT2D eigenvalue weighted by Crippen LogP contribution is 2.72. The predicted molar refractivity (Wildman–Crippen MR) is 98.4 cm³/mol. The van der Waals surface area contributed by atoms with Crippen LogP contribution in [0.2, 0.25) is 0 Å². The van der Waals surface area contributed by atoms with Crippen LogP contribution in [0.5, 0.6) is 0 Å². The van der Waals surface area contributed by atoms with Gasteiger partial charge in [-0.3, -0.25) is 9.59 Å². The van der Waals surface area contributed by atoms with Crippen LogP contribution in [0.3, 0.4) is 0 Å². The number of hydrogen-bond donors (Lipinski definition) is 1. The van der Waals surface area contributed by atoms with E-state index in [0.717, 1.165) is 56.9 Å². The van der Waals surface area contributed by atoms with Gasteiger partial charge in [0.1, 0.15) is 6.10 Å². The number of carbonyl (C=O) groups excluding carboxylic acids is 1. The Morgan fingerprint density at radius 3 is 2.50 bits per heavy atom. The van der Waals surface area contributed by atoms with Gasteiger partial charge in [0.15, 0.2) is 0 Å². The number of rotatable bonds is 2. The minimum atomic E-state index is -0.634. The van der Waals surface area contributed by atoms with Crippen LogP contribution < -0.4 is 0 Å². The minimum absolute atomic E-state index is 0.0115. The Morgan fingerprint density at radius 1 is 1.12 bits per heavy atom. The van der Waals surface area contributed by atoms with E-state index in [2.05, 4.69) is 13.5 Å². The number of ether oxygens (including phenoxy) is 1. The largest absolute Gasteiger partial charge is 0.481 e. The van der Waals surface area contributed by atoms with Crippen LogP contribution in [-0.4, -0.2) is 23.1 Å². The van der Waals surface area contributed by atoms with E-state index < -0.39 is 11.4 Å². The maximum Gasteiger partial charge on any atom is 0.309 e. The molecule has 4 aliphatic rings. The molecule has 7 atom stereocenters. The van der Waals surface area contributed by atoms with Gasteiger partial charge in [-0.15, -0.1) is 0 Å². The molecule has 4 nitrogen and oxygen atoms in total. The fourth-order valence-corrected chi connectivity index (χ4v) is 7.95. The Morgan fingerprint density at radius 2 is 1.85 bits per heavy atom. The lowest BCUT2D eigenvalue weighted by Crippen LogP contribution is -2.60. The lowest BCUT2D eigenvalue weighted by molar-refractivity contribution is -0.195. The van der Waals surface area contributed by atoms with E-state index in [9.17, 15) is 14.7 Å². The molecule has 4 fully saturated rings. The zero-order chi connectivity index (χ0) is 18.9. The van der Waals surface area contributed by atoms with E-state index in [1.807, 2.05) is 6.92 Å². The summed E-state index contributed by atoms with van der Waals surface area (Å²) in [6.07, 6.45) is 7.86. The molecule has 26 heavy (non-hydrogen) atoms. The first-order valence-corrected chi connectivity index (χ1v) is 10.2. The molecule has 2 bridgehead atoms. The average molecular weight is 360 g/mol. The zero-order valence-electron chi connectivity index (χ0n) is 16.3. The third kappa shape index (κ3) is 2.13. The number of hydrogen-bond acceptors (Lipinski definition) is 3. The van der Waals surface area contributed by atoms with Gasteiger partial charge < -0.3 is 9.84 Å². The van der Waals surface area contributed by atoms with Crippen LogP contribution in [0.25, 0.3) is 0 Å². The van der Waals surface area contributed by atoms with Gasteiger partial charge in [-0.2, -0.15) is 0 Å². The summed E-state index contributed by atoms with van der Waals surface area (Å²) in [5.74, 6) is 0.242. The molecule has 0 aromatic heterocycles. The molecule has 1 spiro atoms. The minimum Gasteiger partial charge on any atom is -0.481 e. The Labute approximate surface area is 156 Å². The molecule has 4 saturated carbocycles. The fraction of sp³-hybridized carbons (Fsp3) is 0.818. The van der Waals surface area contributed by atoms with Crippen LogP contribution in [0.1, 0.15) is 72.1 Å². The number of aliphatic carboxylic acids is 1. The zero-order valence-corrected chi connectivity index (χ0v) is 16.3. The summed E-state index contributed by atoms with van der Waals surface area (Å²) in [4.78, 5) is 24.0. The summed E-state index contributed by atoms with van der Waals surface area (Å²) in [6.45, 7) is 10.1. The van der Waals surface area contributed by atoms with Crippen molar-refractivity contribution in [3.63, 3.8) is 0 Å². The SMILES string of the molecule is C=C1C2CC[C@H]3C4(C)CCCC(C)(C(=O)O)[C@H]4CCC3(C2)[C@@H]1OC(C)=O. The molecular formula is C22H32O4. The summed E-state index contributed by atoms with van der Waals surface area (Å²) in [5, 5.41) is 10.0. The van der Waals surface area contributed by atoms with Crippen molar-refractivity contribution in [2.75, 3.05) is 0 Å². The monoisotopic (exact) mass is 360 g/mol. The van der Waals surface area contributed by atoms with Crippen LogP contribution in [0, 0.1) is 34.0 Å². The summed E-state index contributed by atoms with van der Waals surface area (Å²) < 4.78 is 5.87. The van der Waals surface area contributed by atoms with Gasteiger partial charge in [0.25, 0.3) is 0 Å². The Kier molecular flexibility index (Phi) is 3.88. The summed E-state index contributed by atoms with van der Waals surface area (Å²) in [5.41, 5.74) is 0.477. The molecule has 0 aliphatic heterocycles. The van der Waals surface area contributed by atoms with Gasteiger partial charge in [-0.1, -0.05) is 19.9 Å². The molecule has 0 aromatic rings. The highest BCUT2D eigenvalue weighted by atomic mass is 16.5. The Hall–Kier alpha value is -1.32. The van der Waals surface area contributed by atoms with E-state index in [0.29, 0.717) is 11.8 Å². The normalized spacial score (nSPS) is 49.9. The number of carboxylic acid groups (broad SMARTS) is 1. The van der Waals surface area contributed by atoms with Crippen molar-refractivity contribution in [2.45, 2.75) is 78.2 Å². The fourth-order valence-electron chi connectivity index (χ4n) is 7.95. The van der Waals surface area contributed by atoms with Crippen LogP contribution in [0.4, 0.5) is 0 Å². The molecular weight excluding hydrogens is 328 g/mol. The summed E-state index contributed by atoms with van der Waals surface area (Å²) in [6, 6.07) is 0. The number of esters is 1. The lowest BCUT2D eigenvalue weighted by atomic mass is 9.40. The number of fused-ring (bicyclic) bond motifs is 3. The van der Waals surface area contributed by atoms with Crippen molar-refractivity contribution in [3.8, 4) is 0 Å². The quantitative estimate of drug-likeness (QED) is 0.578. The molecule has 0 aromatic carbocycles. The van der Waals surface area contributed by atoms with E-state index in [1.54, 1.807) is 0 Å². The highest BCUT2D eigenvalue weighted by Gasteiger charge is 2.68. The van der Waals surface area contributed by atoms with Gasteiger partial charge in [-0.25, -0.2) is 0 Å². The number of carbonyl (C=O) groups is 2. The second-order valence-electron chi connectivity index (χ2n) is 10.0. The van der Waals surface area contributed by atoms with Crippen LogP contribution in [0.15, 0.2) is 12.2 Å². The maximum atomic E-state index is 12.2. The highest BCUT2D eigenvalue weighted by molar-refractivity contribution is 5.75. The molecule has 4 rings (SSSR count).